The predicted molar refractivity (Wildman–Crippen MR) is 57.9 cm³/mol. The summed E-state index contributed by atoms with van der Waals surface area (Å²) in [4.78, 5) is 22.0. The number of hydrogen-bond acceptors (Lipinski definition) is 4. The highest BCUT2D eigenvalue weighted by atomic mass is 16.6. The molecule has 1 aromatic carbocycles. The number of carbonyl (C=O) groups excluding carboxylic acids is 1. The third-order valence-corrected chi connectivity index (χ3v) is 2.35. The van der Waals surface area contributed by atoms with Crippen molar-refractivity contribution in [2.75, 3.05) is 12.4 Å². The van der Waals surface area contributed by atoms with E-state index < -0.39 is 24.1 Å². The van der Waals surface area contributed by atoms with Crippen LogP contribution in [0, 0.1) is 0 Å². The van der Waals surface area contributed by atoms with Gasteiger partial charge in [-0.1, -0.05) is 0 Å². The second-order valence-corrected chi connectivity index (χ2v) is 3.53. The van der Waals surface area contributed by atoms with Crippen molar-refractivity contribution < 1.29 is 24.2 Å². The number of aliphatic carboxylic acids is 1. The van der Waals surface area contributed by atoms with E-state index in [0.717, 1.165) is 0 Å². The minimum Gasteiger partial charge on any atom is -0.497 e. The first-order chi connectivity index (χ1) is 8.11. The normalized spacial score (nSPS) is 21.7. The van der Waals surface area contributed by atoms with Crippen LogP contribution in [0.4, 0.5) is 5.69 Å². The lowest BCUT2D eigenvalue weighted by Gasteiger charge is -2.04. The van der Waals surface area contributed by atoms with Gasteiger partial charge in [0.1, 0.15) is 5.75 Å². The van der Waals surface area contributed by atoms with Gasteiger partial charge in [0, 0.05) is 5.69 Å². The highest BCUT2D eigenvalue weighted by Crippen LogP contribution is 2.24. The van der Waals surface area contributed by atoms with Gasteiger partial charge in [0.15, 0.2) is 12.2 Å². The lowest BCUT2D eigenvalue weighted by atomic mass is 10.2. The van der Waals surface area contributed by atoms with Crippen LogP contribution in [-0.2, 0) is 14.3 Å². The van der Waals surface area contributed by atoms with E-state index in [1.54, 1.807) is 31.4 Å². The molecule has 0 bridgehead atoms. The molecule has 1 aromatic rings. The lowest BCUT2D eigenvalue weighted by molar-refractivity contribution is -0.138. The summed E-state index contributed by atoms with van der Waals surface area (Å²) in [6.45, 7) is 0. The molecule has 0 spiro atoms. The van der Waals surface area contributed by atoms with E-state index in [9.17, 15) is 9.59 Å². The van der Waals surface area contributed by atoms with Gasteiger partial charge in [-0.2, -0.15) is 0 Å². The smallest absolute Gasteiger partial charge is 0.336 e. The summed E-state index contributed by atoms with van der Waals surface area (Å²) >= 11 is 0. The summed E-state index contributed by atoms with van der Waals surface area (Å²) in [5, 5.41) is 11.1. The molecule has 6 heteroatoms. The van der Waals surface area contributed by atoms with Crippen molar-refractivity contribution in [3.63, 3.8) is 0 Å². The molecule has 2 atom stereocenters. The van der Waals surface area contributed by atoms with Crippen molar-refractivity contribution in [2.24, 2.45) is 0 Å². The average Bonchev–Trinajstić information content (AvgIpc) is 3.10. The Morgan fingerprint density at radius 3 is 2.41 bits per heavy atom. The first-order valence-electron chi connectivity index (χ1n) is 4.95. The monoisotopic (exact) mass is 237 g/mol. The number of ether oxygens (including phenoxy) is 2. The van der Waals surface area contributed by atoms with Crippen LogP contribution in [0.3, 0.4) is 0 Å². The molecule has 1 heterocycles. The minimum absolute atomic E-state index is 0.456. The zero-order valence-corrected chi connectivity index (χ0v) is 9.04. The number of hydrogen-bond donors (Lipinski definition) is 2. The van der Waals surface area contributed by atoms with Crippen LogP contribution in [0.2, 0.25) is 0 Å². The average molecular weight is 237 g/mol. The number of carboxylic acids is 1. The Morgan fingerprint density at radius 2 is 1.94 bits per heavy atom. The molecule has 2 rings (SSSR count). The fourth-order valence-corrected chi connectivity index (χ4v) is 1.39. The fraction of sp³-hybridized carbons (Fsp3) is 0.273. The Morgan fingerprint density at radius 1 is 1.29 bits per heavy atom. The molecule has 1 fully saturated rings. The van der Waals surface area contributed by atoms with E-state index in [1.165, 1.54) is 0 Å². The molecule has 2 N–H and O–H groups in total. The van der Waals surface area contributed by atoms with Crippen LogP contribution < -0.4 is 10.1 Å². The van der Waals surface area contributed by atoms with Crippen LogP contribution in [0.15, 0.2) is 24.3 Å². The van der Waals surface area contributed by atoms with Gasteiger partial charge in [-0.25, -0.2) is 4.79 Å². The number of epoxide rings is 1. The zero-order chi connectivity index (χ0) is 12.4. The summed E-state index contributed by atoms with van der Waals surface area (Å²) in [6.07, 6.45) is -1.91. The summed E-state index contributed by atoms with van der Waals surface area (Å²) < 4.78 is 9.69. The fourth-order valence-electron chi connectivity index (χ4n) is 1.39. The van der Waals surface area contributed by atoms with Crippen molar-refractivity contribution in [2.45, 2.75) is 12.2 Å². The summed E-state index contributed by atoms with van der Waals surface area (Å²) in [5.74, 6) is -0.906. The lowest BCUT2D eigenvalue weighted by Crippen LogP contribution is -2.22. The summed E-state index contributed by atoms with van der Waals surface area (Å²) in [5.41, 5.74) is 0.565. The molecule has 0 unspecified atom stereocenters. The van der Waals surface area contributed by atoms with Gasteiger partial charge >= 0.3 is 5.97 Å². The number of nitrogens with one attached hydrogen (secondary N) is 1. The number of carboxylic acid groups (broad SMARTS) is 1. The third kappa shape index (κ3) is 2.54. The number of methoxy groups -OCH3 is 1. The van der Waals surface area contributed by atoms with Crippen LogP contribution >= 0.6 is 0 Å². The van der Waals surface area contributed by atoms with Crippen LogP contribution in [-0.4, -0.2) is 36.3 Å². The van der Waals surface area contributed by atoms with Gasteiger partial charge in [0.25, 0.3) is 5.91 Å². The molecule has 17 heavy (non-hydrogen) atoms. The van der Waals surface area contributed by atoms with E-state index in [-0.39, 0.29) is 0 Å². The van der Waals surface area contributed by atoms with E-state index >= 15 is 0 Å². The molecule has 0 radical (unpaired) electrons. The molecule has 1 aliphatic heterocycles. The Bertz CT molecular complexity index is 442. The molecular formula is C11H11NO5. The van der Waals surface area contributed by atoms with Crippen LogP contribution in [0.1, 0.15) is 0 Å². The molecule has 0 aliphatic carbocycles. The number of carbonyl (C=O) groups is 2. The molecule has 90 valence electrons. The van der Waals surface area contributed by atoms with Gasteiger partial charge in [0.05, 0.1) is 7.11 Å². The SMILES string of the molecule is COc1ccc(NC(=O)[C@@H]2O[C@@H]2C(=O)O)cc1. The maximum Gasteiger partial charge on any atom is 0.336 e. The molecule has 0 aromatic heterocycles. The van der Waals surface area contributed by atoms with Gasteiger partial charge in [-0.3, -0.25) is 4.79 Å². The van der Waals surface area contributed by atoms with Crippen molar-refractivity contribution in [3.05, 3.63) is 24.3 Å². The van der Waals surface area contributed by atoms with Gasteiger partial charge in [0.2, 0.25) is 0 Å². The van der Waals surface area contributed by atoms with E-state index in [0.29, 0.717) is 11.4 Å². The van der Waals surface area contributed by atoms with Crippen molar-refractivity contribution >= 4 is 17.6 Å². The molecule has 1 aliphatic rings. The molecule has 1 saturated heterocycles. The van der Waals surface area contributed by atoms with Crippen molar-refractivity contribution in [1.82, 2.24) is 0 Å². The Hall–Kier alpha value is -2.08. The quantitative estimate of drug-likeness (QED) is 0.744. The molecule has 1 amide bonds. The van der Waals surface area contributed by atoms with E-state index in [2.05, 4.69) is 5.32 Å². The molecule has 0 saturated carbocycles. The highest BCUT2D eigenvalue weighted by Gasteiger charge is 2.50. The molecule has 6 nitrogen and oxygen atoms in total. The predicted octanol–water partition coefficient (Wildman–Crippen LogP) is 0.486. The minimum atomic E-state index is -1.13. The summed E-state index contributed by atoms with van der Waals surface area (Å²) in [7, 11) is 1.54. The Balaban J connectivity index is 1.93. The van der Waals surface area contributed by atoms with E-state index in [4.69, 9.17) is 14.6 Å². The van der Waals surface area contributed by atoms with Crippen molar-refractivity contribution in [1.29, 1.82) is 0 Å². The first-order valence-corrected chi connectivity index (χ1v) is 4.95. The second-order valence-electron chi connectivity index (χ2n) is 3.53. The van der Waals surface area contributed by atoms with Gasteiger partial charge in [-0.05, 0) is 24.3 Å². The van der Waals surface area contributed by atoms with Gasteiger partial charge in [-0.15, -0.1) is 0 Å². The largest absolute Gasteiger partial charge is 0.497 e. The third-order valence-electron chi connectivity index (χ3n) is 2.35. The highest BCUT2D eigenvalue weighted by molar-refractivity contribution is 6.00. The summed E-state index contributed by atoms with van der Waals surface area (Å²) in [6, 6.07) is 6.71. The van der Waals surface area contributed by atoms with Crippen LogP contribution in [0.5, 0.6) is 5.75 Å². The first kappa shape index (κ1) is 11.4. The number of amides is 1. The Labute approximate surface area is 97.1 Å². The number of rotatable bonds is 4. The maximum absolute atomic E-state index is 11.5. The van der Waals surface area contributed by atoms with Crippen molar-refractivity contribution in [3.8, 4) is 5.75 Å². The standard InChI is InChI=1S/C11H11NO5/c1-16-7-4-2-6(3-5-7)12-10(13)8-9(17-8)11(14)15/h2-5,8-9H,1H3,(H,12,13)(H,14,15)/t8-,9+/m1/s1. The second kappa shape index (κ2) is 4.42. The zero-order valence-electron chi connectivity index (χ0n) is 9.04. The molecular weight excluding hydrogens is 226 g/mol. The maximum atomic E-state index is 11.5. The van der Waals surface area contributed by atoms with E-state index in [1.807, 2.05) is 0 Å². The topological polar surface area (TPSA) is 88.2 Å². The van der Waals surface area contributed by atoms with Crippen LogP contribution in [0.25, 0.3) is 0 Å². The number of anilines is 1. The Kier molecular flexibility index (Phi) is 2.97. The number of benzene rings is 1. The van der Waals surface area contributed by atoms with Gasteiger partial charge < -0.3 is 19.9 Å².